The molecule has 0 amide bonds. The minimum absolute atomic E-state index is 0.567. The first-order valence-corrected chi connectivity index (χ1v) is 2.73. The maximum atomic E-state index is 4.85. The fourth-order valence-corrected chi connectivity index (χ4v) is 0.584. The van der Waals surface area contributed by atoms with Crippen LogP contribution in [-0.2, 0) is 11.3 Å². The molecule has 1 aromatic heterocycles. The second kappa shape index (κ2) is 3.20. The highest BCUT2D eigenvalue weighted by molar-refractivity contribution is 5.00. The number of pyridine rings is 1. The van der Waals surface area contributed by atoms with Crippen molar-refractivity contribution in [1.82, 2.24) is 4.98 Å². The summed E-state index contributed by atoms with van der Waals surface area (Å²) in [6.45, 7) is 0.567. The summed E-state index contributed by atoms with van der Waals surface area (Å²) < 4.78 is 4.85. The molecule has 47 valence electrons. The molecule has 0 fully saturated rings. The Morgan fingerprint density at radius 2 is 2.67 bits per heavy atom. The Bertz CT molecular complexity index is 162. The van der Waals surface area contributed by atoms with Crippen molar-refractivity contribution in [2.45, 2.75) is 6.61 Å². The highest BCUT2D eigenvalue weighted by atomic mass is 16.5. The topological polar surface area (TPSA) is 22.1 Å². The van der Waals surface area contributed by atoms with Crippen LogP contribution in [0.4, 0.5) is 0 Å². The first-order valence-electron chi connectivity index (χ1n) is 2.73. The van der Waals surface area contributed by atoms with E-state index in [-0.39, 0.29) is 0 Å². The fraction of sp³-hybridized carbons (Fsp3) is 0.286. The van der Waals surface area contributed by atoms with Crippen LogP contribution in [-0.4, -0.2) is 12.1 Å². The third kappa shape index (κ3) is 1.82. The monoisotopic (exact) mass is 122 g/mol. The lowest BCUT2D eigenvalue weighted by Gasteiger charge is -1.93. The second-order valence-electron chi connectivity index (χ2n) is 1.68. The van der Waals surface area contributed by atoms with Crippen molar-refractivity contribution < 1.29 is 4.74 Å². The van der Waals surface area contributed by atoms with Crippen LogP contribution >= 0.6 is 0 Å². The van der Waals surface area contributed by atoms with Gasteiger partial charge in [-0.3, -0.25) is 4.98 Å². The van der Waals surface area contributed by atoms with Gasteiger partial charge < -0.3 is 4.74 Å². The van der Waals surface area contributed by atoms with Gasteiger partial charge in [-0.25, -0.2) is 0 Å². The number of ether oxygens (including phenoxy) is 1. The van der Waals surface area contributed by atoms with Gasteiger partial charge in [0.05, 0.1) is 12.3 Å². The molecule has 2 nitrogen and oxygen atoms in total. The van der Waals surface area contributed by atoms with Crippen LogP contribution in [0.25, 0.3) is 0 Å². The maximum Gasteiger partial charge on any atom is 0.0884 e. The van der Waals surface area contributed by atoms with Gasteiger partial charge in [-0.2, -0.15) is 0 Å². The second-order valence-corrected chi connectivity index (χ2v) is 1.68. The Labute approximate surface area is 54.5 Å². The first kappa shape index (κ1) is 6.23. The molecule has 0 aliphatic carbocycles. The molecule has 0 aliphatic heterocycles. The molecular weight excluding hydrogens is 114 g/mol. The molecule has 0 saturated carbocycles. The molecule has 0 atom stereocenters. The van der Waals surface area contributed by atoms with Gasteiger partial charge in [0.1, 0.15) is 0 Å². The molecule has 9 heavy (non-hydrogen) atoms. The Kier molecular flexibility index (Phi) is 2.22. The molecule has 0 saturated heterocycles. The van der Waals surface area contributed by atoms with Crippen LogP contribution < -0.4 is 0 Å². The van der Waals surface area contributed by atoms with Crippen molar-refractivity contribution in [3.63, 3.8) is 0 Å². The molecule has 0 N–H and O–H groups in total. The first-order chi connectivity index (χ1) is 4.43. The molecule has 1 rings (SSSR count). The zero-order chi connectivity index (χ0) is 6.53. The summed E-state index contributed by atoms with van der Waals surface area (Å²) in [4.78, 5) is 4.01. The van der Waals surface area contributed by atoms with Gasteiger partial charge in [0.25, 0.3) is 0 Å². The summed E-state index contributed by atoms with van der Waals surface area (Å²) in [6, 6.07) is 6.48. The molecule has 1 heterocycles. The predicted molar refractivity (Wildman–Crippen MR) is 33.8 cm³/mol. The van der Waals surface area contributed by atoms with Gasteiger partial charge in [0, 0.05) is 13.3 Å². The van der Waals surface area contributed by atoms with Crippen LogP contribution in [0.2, 0.25) is 0 Å². The van der Waals surface area contributed by atoms with Crippen molar-refractivity contribution in [2.75, 3.05) is 7.11 Å². The van der Waals surface area contributed by atoms with Gasteiger partial charge in [-0.15, -0.1) is 0 Å². The SMILES string of the molecule is COCc1c[c]ccn1. The van der Waals surface area contributed by atoms with Crippen molar-refractivity contribution in [2.24, 2.45) is 0 Å². The lowest BCUT2D eigenvalue weighted by Crippen LogP contribution is -1.89. The number of methoxy groups -OCH3 is 1. The smallest absolute Gasteiger partial charge is 0.0884 e. The largest absolute Gasteiger partial charge is 0.378 e. The van der Waals surface area contributed by atoms with E-state index in [1.54, 1.807) is 19.4 Å². The average Bonchev–Trinajstić information content (AvgIpc) is 1.91. The number of nitrogens with zero attached hydrogens (tertiary/aromatic N) is 1. The van der Waals surface area contributed by atoms with E-state index in [0.29, 0.717) is 6.61 Å². The average molecular weight is 122 g/mol. The third-order valence-electron chi connectivity index (χ3n) is 0.953. The van der Waals surface area contributed by atoms with Crippen LogP contribution in [0.1, 0.15) is 5.69 Å². The van der Waals surface area contributed by atoms with Gasteiger partial charge in [-0.1, -0.05) is 0 Å². The number of aromatic nitrogens is 1. The van der Waals surface area contributed by atoms with E-state index in [1.807, 2.05) is 6.07 Å². The van der Waals surface area contributed by atoms with Gasteiger partial charge in [0.2, 0.25) is 0 Å². The standard InChI is InChI=1S/C7H8NO/c1-9-6-7-4-2-3-5-8-7/h3-5H,6H2,1H3. The quantitative estimate of drug-likeness (QED) is 0.584. The summed E-state index contributed by atoms with van der Waals surface area (Å²) in [5.41, 5.74) is 0.917. The highest BCUT2D eigenvalue weighted by Crippen LogP contribution is 1.92. The van der Waals surface area contributed by atoms with Gasteiger partial charge in [-0.05, 0) is 18.2 Å². The van der Waals surface area contributed by atoms with E-state index in [0.717, 1.165) is 5.69 Å². The minimum Gasteiger partial charge on any atom is -0.378 e. The van der Waals surface area contributed by atoms with Crippen LogP contribution in [0.3, 0.4) is 0 Å². The van der Waals surface area contributed by atoms with E-state index < -0.39 is 0 Å². The Morgan fingerprint density at radius 3 is 3.22 bits per heavy atom. The van der Waals surface area contributed by atoms with Crippen LogP contribution in [0.15, 0.2) is 18.3 Å². The molecule has 0 unspecified atom stereocenters. The number of rotatable bonds is 2. The highest BCUT2D eigenvalue weighted by Gasteiger charge is 1.86. The Hall–Kier alpha value is -0.890. The molecule has 1 aromatic rings. The van der Waals surface area contributed by atoms with E-state index in [2.05, 4.69) is 11.1 Å². The molecule has 0 aliphatic rings. The zero-order valence-electron chi connectivity index (χ0n) is 5.29. The molecule has 0 aromatic carbocycles. The molecule has 0 bridgehead atoms. The summed E-state index contributed by atoms with van der Waals surface area (Å²) in [5.74, 6) is 0. The van der Waals surface area contributed by atoms with Crippen LogP contribution in [0.5, 0.6) is 0 Å². The fourth-order valence-electron chi connectivity index (χ4n) is 0.584. The molecular formula is C7H8NO. The summed E-state index contributed by atoms with van der Waals surface area (Å²) in [5, 5.41) is 0. The normalized spacial score (nSPS) is 9.44. The van der Waals surface area contributed by atoms with E-state index in [4.69, 9.17) is 4.74 Å². The number of hydrogen-bond acceptors (Lipinski definition) is 2. The lowest BCUT2D eigenvalue weighted by molar-refractivity contribution is 0.181. The van der Waals surface area contributed by atoms with E-state index in [1.165, 1.54) is 0 Å². The van der Waals surface area contributed by atoms with Crippen molar-refractivity contribution in [3.05, 3.63) is 30.1 Å². The number of hydrogen-bond donors (Lipinski definition) is 0. The van der Waals surface area contributed by atoms with Crippen LogP contribution in [0, 0.1) is 6.07 Å². The van der Waals surface area contributed by atoms with Gasteiger partial charge in [0.15, 0.2) is 0 Å². The summed E-state index contributed by atoms with van der Waals surface area (Å²) >= 11 is 0. The Balaban J connectivity index is 2.61. The van der Waals surface area contributed by atoms with Crippen molar-refractivity contribution >= 4 is 0 Å². The summed E-state index contributed by atoms with van der Waals surface area (Å²) in [6.07, 6.45) is 1.70. The van der Waals surface area contributed by atoms with E-state index in [9.17, 15) is 0 Å². The third-order valence-corrected chi connectivity index (χ3v) is 0.953. The Morgan fingerprint density at radius 1 is 1.78 bits per heavy atom. The van der Waals surface area contributed by atoms with E-state index >= 15 is 0 Å². The van der Waals surface area contributed by atoms with Crippen molar-refractivity contribution in [1.29, 1.82) is 0 Å². The molecule has 2 heteroatoms. The molecule has 1 radical (unpaired) electrons. The zero-order valence-corrected chi connectivity index (χ0v) is 5.29. The summed E-state index contributed by atoms with van der Waals surface area (Å²) in [7, 11) is 1.65. The van der Waals surface area contributed by atoms with Gasteiger partial charge >= 0.3 is 0 Å². The minimum atomic E-state index is 0.567. The maximum absolute atomic E-state index is 4.85. The van der Waals surface area contributed by atoms with Crippen molar-refractivity contribution in [3.8, 4) is 0 Å². The molecule has 0 spiro atoms. The lowest BCUT2D eigenvalue weighted by atomic mass is 10.4. The predicted octanol–water partition coefficient (Wildman–Crippen LogP) is 1.03.